The Labute approximate surface area is 240 Å². The van der Waals surface area contributed by atoms with E-state index in [1.54, 1.807) is 48.5 Å². The molecule has 0 aliphatic rings. The minimum Gasteiger partial charge on any atom is -0.280 e. The summed E-state index contributed by atoms with van der Waals surface area (Å²) >= 11 is 18.0. The van der Waals surface area contributed by atoms with Gasteiger partial charge in [-0.1, -0.05) is 47.5 Å². The zero-order valence-electron chi connectivity index (χ0n) is 18.5. The summed E-state index contributed by atoms with van der Waals surface area (Å²) in [5.74, 6) is 0. The minimum atomic E-state index is -3.84. The smallest absolute Gasteiger partial charge is 0.263 e. The lowest BCUT2D eigenvalue weighted by molar-refractivity contribution is 0.599. The number of benzene rings is 2. The zero-order chi connectivity index (χ0) is 26.8. The van der Waals surface area contributed by atoms with Crippen molar-refractivity contribution in [1.29, 1.82) is 0 Å². The molecule has 4 rings (SSSR count). The number of aromatic nitrogens is 2. The van der Waals surface area contributed by atoms with Crippen LogP contribution in [0.3, 0.4) is 0 Å². The van der Waals surface area contributed by atoms with Crippen molar-refractivity contribution in [2.24, 2.45) is 0 Å². The van der Waals surface area contributed by atoms with E-state index >= 15 is 0 Å². The number of rotatable bonds is 8. The average Bonchev–Trinajstić information content (AvgIpc) is 2.84. The van der Waals surface area contributed by atoms with Crippen molar-refractivity contribution in [3.05, 3.63) is 103 Å². The summed E-state index contributed by atoms with van der Waals surface area (Å²) in [4.78, 5) is 7.65. The van der Waals surface area contributed by atoms with Gasteiger partial charge in [0, 0.05) is 23.8 Å². The number of nitrogens with one attached hydrogen (secondary N) is 2. The van der Waals surface area contributed by atoms with Crippen LogP contribution in [0.5, 0.6) is 0 Å². The second-order valence-electron chi connectivity index (χ2n) is 7.67. The molecule has 0 aliphatic carbocycles. The van der Waals surface area contributed by atoms with Crippen molar-refractivity contribution < 1.29 is 16.8 Å². The van der Waals surface area contributed by atoms with Crippen LogP contribution in [0.4, 0.5) is 11.4 Å². The van der Waals surface area contributed by atoms with E-state index in [1.165, 1.54) is 24.5 Å². The molecule has 0 amide bonds. The van der Waals surface area contributed by atoms with Gasteiger partial charge in [0.2, 0.25) is 0 Å². The highest BCUT2D eigenvalue weighted by atomic mass is 79.9. The Morgan fingerprint density at radius 1 is 0.649 bits per heavy atom. The lowest BCUT2D eigenvalue weighted by atomic mass is 10.0. The van der Waals surface area contributed by atoms with Gasteiger partial charge in [-0.25, -0.2) is 26.8 Å². The maximum atomic E-state index is 12.6. The molecular formula is C23H16Br2Cl2N4O4S2. The summed E-state index contributed by atoms with van der Waals surface area (Å²) in [6.45, 7) is 0. The van der Waals surface area contributed by atoms with Crippen molar-refractivity contribution in [3.8, 4) is 0 Å². The molecule has 0 bridgehead atoms. The highest BCUT2D eigenvalue weighted by Crippen LogP contribution is 2.26. The van der Waals surface area contributed by atoms with Gasteiger partial charge in [0.05, 0.1) is 8.95 Å². The predicted octanol–water partition coefficient (Wildman–Crippen LogP) is 6.50. The molecule has 2 N–H and O–H groups in total. The Morgan fingerprint density at radius 2 is 1.00 bits per heavy atom. The van der Waals surface area contributed by atoms with E-state index in [4.69, 9.17) is 23.2 Å². The van der Waals surface area contributed by atoms with Gasteiger partial charge in [-0.05, 0) is 85.8 Å². The fourth-order valence-corrected chi connectivity index (χ4v) is 6.41. The van der Waals surface area contributed by atoms with Gasteiger partial charge in [0.15, 0.2) is 0 Å². The highest BCUT2D eigenvalue weighted by Gasteiger charge is 2.18. The van der Waals surface area contributed by atoms with Crippen LogP contribution in [0, 0.1) is 0 Å². The van der Waals surface area contributed by atoms with Gasteiger partial charge < -0.3 is 0 Å². The standard InChI is InChI=1S/C23H16Br2Cl2N4O4S2/c24-20-10-18(12-28-22(20)26)36(32,33)30-16-5-1-14(2-6-16)9-15-3-7-17(8-4-15)31-37(34,35)19-11-21(25)23(27)29-13-19/h1-8,10-13,30-31H,9H2. The Bertz CT molecular complexity index is 1550. The Morgan fingerprint density at radius 3 is 1.32 bits per heavy atom. The average molecular weight is 707 g/mol. The van der Waals surface area contributed by atoms with Crippen LogP contribution in [-0.4, -0.2) is 26.8 Å². The molecule has 0 spiro atoms. The van der Waals surface area contributed by atoms with E-state index in [2.05, 4.69) is 51.3 Å². The number of sulfonamides is 2. The first-order chi connectivity index (χ1) is 17.4. The Hall–Kier alpha value is -2.22. The van der Waals surface area contributed by atoms with Gasteiger partial charge >= 0.3 is 0 Å². The lowest BCUT2D eigenvalue weighted by Crippen LogP contribution is -2.13. The molecule has 14 heteroatoms. The van der Waals surface area contributed by atoms with Crippen LogP contribution in [0.1, 0.15) is 11.1 Å². The highest BCUT2D eigenvalue weighted by molar-refractivity contribution is 9.10. The van der Waals surface area contributed by atoms with E-state index in [1.807, 2.05) is 0 Å². The fraction of sp³-hybridized carbons (Fsp3) is 0.0435. The van der Waals surface area contributed by atoms with E-state index in [0.29, 0.717) is 26.7 Å². The van der Waals surface area contributed by atoms with Gasteiger partial charge in [0.1, 0.15) is 20.1 Å². The molecule has 0 saturated carbocycles. The van der Waals surface area contributed by atoms with Gasteiger partial charge in [0.25, 0.3) is 20.0 Å². The normalized spacial score (nSPS) is 11.8. The van der Waals surface area contributed by atoms with Crippen LogP contribution >= 0.6 is 55.1 Å². The molecular weight excluding hydrogens is 691 g/mol. The van der Waals surface area contributed by atoms with Crippen molar-refractivity contribution >= 4 is 86.5 Å². The van der Waals surface area contributed by atoms with Crippen LogP contribution in [0.2, 0.25) is 10.3 Å². The van der Waals surface area contributed by atoms with Crippen LogP contribution in [-0.2, 0) is 26.5 Å². The maximum Gasteiger partial charge on any atom is 0.263 e. The molecule has 0 atom stereocenters. The number of pyridine rings is 2. The van der Waals surface area contributed by atoms with E-state index in [0.717, 1.165) is 11.1 Å². The number of nitrogens with zero attached hydrogens (tertiary/aromatic N) is 2. The molecule has 0 fully saturated rings. The third kappa shape index (κ3) is 7.01. The first kappa shape index (κ1) is 27.8. The molecule has 37 heavy (non-hydrogen) atoms. The van der Waals surface area contributed by atoms with Crippen molar-refractivity contribution in [1.82, 2.24) is 9.97 Å². The summed E-state index contributed by atoms with van der Waals surface area (Å²) in [5, 5.41) is 0.335. The molecule has 0 unspecified atom stereocenters. The molecule has 2 aromatic heterocycles. The first-order valence-electron chi connectivity index (χ1n) is 10.3. The molecule has 0 radical (unpaired) electrons. The largest absolute Gasteiger partial charge is 0.280 e. The van der Waals surface area contributed by atoms with Crippen molar-refractivity contribution in [3.63, 3.8) is 0 Å². The van der Waals surface area contributed by atoms with Gasteiger partial charge in [-0.3, -0.25) is 9.44 Å². The zero-order valence-corrected chi connectivity index (χ0v) is 24.8. The monoisotopic (exact) mass is 704 g/mol. The number of hydrogen-bond acceptors (Lipinski definition) is 6. The van der Waals surface area contributed by atoms with Crippen LogP contribution < -0.4 is 9.44 Å². The Balaban J connectivity index is 1.40. The SMILES string of the molecule is O=S(=O)(Nc1ccc(Cc2ccc(NS(=O)(=O)c3cnc(Cl)c(Br)c3)cc2)cc1)c1cnc(Cl)c(Br)c1. The summed E-state index contributed by atoms with van der Waals surface area (Å²) in [6, 6.07) is 16.6. The second kappa shape index (κ2) is 11.3. The van der Waals surface area contributed by atoms with Crippen LogP contribution in [0.25, 0.3) is 0 Å². The minimum absolute atomic E-state index is 0.0245. The van der Waals surface area contributed by atoms with Crippen molar-refractivity contribution in [2.75, 3.05) is 9.44 Å². The molecule has 4 aromatic rings. The van der Waals surface area contributed by atoms with Gasteiger partial charge in [-0.2, -0.15) is 0 Å². The quantitative estimate of drug-likeness (QED) is 0.202. The summed E-state index contributed by atoms with van der Waals surface area (Å²) in [5.41, 5.74) is 2.65. The molecule has 2 aromatic carbocycles. The summed E-state index contributed by atoms with van der Waals surface area (Å²) in [6.07, 6.45) is 2.92. The van der Waals surface area contributed by atoms with E-state index in [-0.39, 0.29) is 20.1 Å². The Kier molecular flexibility index (Phi) is 8.46. The number of hydrogen-bond donors (Lipinski definition) is 2. The molecule has 192 valence electrons. The number of anilines is 2. The first-order valence-corrected chi connectivity index (χ1v) is 15.6. The maximum absolute atomic E-state index is 12.6. The van der Waals surface area contributed by atoms with Crippen molar-refractivity contribution in [2.45, 2.75) is 16.2 Å². The molecule has 8 nitrogen and oxygen atoms in total. The van der Waals surface area contributed by atoms with Gasteiger partial charge in [-0.15, -0.1) is 0 Å². The second-order valence-corrected chi connectivity index (χ2v) is 13.5. The lowest BCUT2D eigenvalue weighted by Gasteiger charge is -2.10. The summed E-state index contributed by atoms with van der Waals surface area (Å²) < 4.78 is 56.2. The van der Waals surface area contributed by atoms with E-state index in [9.17, 15) is 16.8 Å². The third-order valence-corrected chi connectivity index (χ3v) is 9.95. The van der Waals surface area contributed by atoms with Crippen LogP contribution in [0.15, 0.2) is 91.8 Å². The fourth-order valence-electron chi connectivity index (χ4n) is 3.15. The molecule has 0 aliphatic heterocycles. The molecule has 2 heterocycles. The predicted molar refractivity (Wildman–Crippen MR) is 151 cm³/mol. The van der Waals surface area contributed by atoms with E-state index < -0.39 is 20.0 Å². The third-order valence-electron chi connectivity index (χ3n) is 4.98. The topological polar surface area (TPSA) is 118 Å². The number of halogens is 4. The summed E-state index contributed by atoms with van der Waals surface area (Å²) in [7, 11) is -7.68. The molecule has 0 saturated heterocycles.